The molecule has 5 nitrogen and oxygen atoms in total. The number of ether oxygens (including phenoxy) is 1. The van der Waals surface area contributed by atoms with Crippen LogP contribution in [0.15, 0.2) is 24.3 Å². The molecule has 1 heterocycles. The van der Waals surface area contributed by atoms with Crippen molar-refractivity contribution in [3.63, 3.8) is 0 Å². The van der Waals surface area contributed by atoms with E-state index in [1.807, 2.05) is 0 Å². The molecule has 1 aliphatic heterocycles. The monoisotopic (exact) mass is 323 g/mol. The van der Waals surface area contributed by atoms with Crippen LogP contribution in [0.3, 0.4) is 0 Å². The van der Waals surface area contributed by atoms with E-state index < -0.39 is 23.7 Å². The lowest BCUT2D eigenvalue weighted by molar-refractivity contribution is -0.142. The fourth-order valence-corrected chi connectivity index (χ4v) is 2.82. The number of likely N-dealkylation sites (tertiary alicyclic amines) is 1. The number of carboxylic acids is 1. The zero-order valence-electron chi connectivity index (χ0n) is 13.6. The van der Waals surface area contributed by atoms with Gasteiger partial charge in [-0.05, 0) is 57.2 Å². The summed E-state index contributed by atoms with van der Waals surface area (Å²) in [6.45, 7) is 5.51. The maximum absolute atomic E-state index is 13.3. The van der Waals surface area contributed by atoms with Crippen molar-refractivity contribution in [1.82, 2.24) is 4.90 Å². The first-order chi connectivity index (χ1) is 10.7. The number of nitrogens with zero attached hydrogens (tertiary/aromatic N) is 1. The molecule has 2 rings (SSSR count). The molecule has 0 saturated carbocycles. The van der Waals surface area contributed by atoms with E-state index in [1.54, 1.807) is 32.9 Å². The van der Waals surface area contributed by atoms with Gasteiger partial charge in [0.25, 0.3) is 0 Å². The summed E-state index contributed by atoms with van der Waals surface area (Å²) in [5.74, 6) is -1.40. The average Bonchev–Trinajstić information content (AvgIpc) is 2.81. The summed E-state index contributed by atoms with van der Waals surface area (Å²) in [6.07, 6.45) is 0.248. The van der Waals surface area contributed by atoms with Gasteiger partial charge in [-0.25, -0.2) is 14.0 Å². The molecule has 1 aromatic carbocycles. The van der Waals surface area contributed by atoms with Crippen molar-refractivity contribution in [3.8, 4) is 0 Å². The highest BCUT2D eigenvalue weighted by atomic mass is 19.1. The van der Waals surface area contributed by atoms with Gasteiger partial charge in [0.1, 0.15) is 17.5 Å². The number of carbonyl (C=O) groups is 2. The zero-order chi connectivity index (χ0) is 17.2. The van der Waals surface area contributed by atoms with Gasteiger partial charge < -0.3 is 9.84 Å². The molecule has 23 heavy (non-hydrogen) atoms. The standard InChI is InChI=1S/C17H22FNO4/c1-17(2,3)23-16(22)19-10-12(9-14(19)15(20)21)7-11-5-4-6-13(18)8-11/h4-6,8,12,14H,7,9-10H2,1-3H3,(H,20,21)/t12?,14-/m1/s1. The van der Waals surface area contributed by atoms with Crippen LogP contribution in [0.5, 0.6) is 0 Å². The molecular weight excluding hydrogens is 301 g/mol. The highest BCUT2D eigenvalue weighted by Gasteiger charge is 2.41. The van der Waals surface area contributed by atoms with E-state index in [2.05, 4.69) is 0 Å². The van der Waals surface area contributed by atoms with E-state index in [-0.39, 0.29) is 11.7 Å². The predicted octanol–water partition coefficient (Wildman–Crippen LogP) is 3.08. The SMILES string of the molecule is CC(C)(C)OC(=O)N1CC(Cc2cccc(F)c2)C[C@@H]1C(=O)O. The van der Waals surface area contributed by atoms with Crippen molar-refractivity contribution in [1.29, 1.82) is 0 Å². The highest BCUT2D eigenvalue weighted by molar-refractivity contribution is 5.81. The summed E-state index contributed by atoms with van der Waals surface area (Å²) < 4.78 is 18.5. The van der Waals surface area contributed by atoms with Gasteiger partial charge in [-0.15, -0.1) is 0 Å². The van der Waals surface area contributed by atoms with E-state index in [0.717, 1.165) is 5.56 Å². The molecule has 0 bridgehead atoms. The van der Waals surface area contributed by atoms with Crippen molar-refractivity contribution in [2.24, 2.45) is 5.92 Å². The van der Waals surface area contributed by atoms with Crippen LogP contribution in [0.4, 0.5) is 9.18 Å². The van der Waals surface area contributed by atoms with E-state index in [0.29, 0.717) is 19.4 Å². The largest absolute Gasteiger partial charge is 0.480 e. The molecular formula is C17H22FNO4. The van der Waals surface area contributed by atoms with Crippen LogP contribution >= 0.6 is 0 Å². The molecule has 1 fully saturated rings. The minimum atomic E-state index is -1.04. The van der Waals surface area contributed by atoms with Crippen molar-refractivity contribution in [2.45, 2.75) is 45.3 Å². The fourth-order valence-electron chi connectivity index (χ4n) is 2.82. The first-order valence-corrected chi connectivity index (χ1v) is 7.62. The topological polar surface area (TPSA) is 66.8 Å². The van der Waals surface area contributed by atoms with Gasteiger partial charge in [-0.1, -0.05) is 12.1 Å². The molecule has 1 aromatic rings. The third kappa shape index (κ3) is 4.68. The van der Waals surface area contributed by atoms with Gasteiger partial charge >= 0.3 is 12.1 Å². The molecule has 1 aliphatic rings. The highest BCUT2D eigenvalue weighted by Crippen LogP contribution is 2.28. The number of hydrogen-bond acceptors (Lipinski definition) is 3. The van der Waals surface area contributed by atoms with Gasteiger partial charge in [0.05, 0.1) is 0 Å². The van der Waals surface area contributed by atoms with Crippen molar-refractivity contribution in [2.75, 3.05) is 6.54 Å². The molecule has 1 N–H and O–H groups in total. The summed E-state index contributed by atoms with van der Waals surface area (Å²) in [5.41, 5.74) is 0.117. The normalized spacial score (nSPS) is 21.3. The number of aliphatic carboxylic acids is 1. The smallest absolute Gasteiger partial charge is 0.411 e. The number of carboxylic acid groups (broad SMARTS) is 1. The van der Waals surface area contributed by atoms with Crippen molar-refractivity contribution >= 4 is 12.1 Å². The number of rotatable bonds is 3. The van der Waals surface area contributed by atoms with E-state index >= 15 is 0 Å². The molecule has 126 valence electrons. The second-order valence-corrected chi connectivity index (χ2v) is 6.92. The number of amides is 1. The molecule has 0 aromatic heterocycles. The predicted molar refractivity (Wildman–Crippen MR) is 82.6 cm³/mol. The summed E-state index contributed by atoms with van der Waals surface area (Å²) in [5, 5.41) is 9.35. The second-order valence-electron chi connectivity index (χ2n) is 6.92. The summed E-state index contributed by atoms with van der Waals surface area (Å²) in [7, 11) is 0. The number of benzene rings is 1. The maximum Gasteiger partial charge on any atom is 0.411 e. The maximum atomic E-state index is 13.3. The third-order valence-corrected chi connectivity index (χ3v) is 3.71. The van der Waals surface area contributed by atoms with Gasteiger partial charge in [0.15, 0.2) is 0 Å². The Morgan fingerprint density at radius 2 is 2.09 bits per heavy atom. The Kier molecular flexibility index (Phi) is 4.92. The molecule has 1 saturated heterocycles. The van der Waals surface area contributed by atoms with Crippen LogP contribution in [0, 0.1) is 11.7 Å². The quantitative estimate of drug-likeness (QED) is 0.928. The van der Waals surface area contributed by atoms with Crippen LogP contribution in [0.2, 0.25) is 0 Å². The lowest BCUT2D eigenvalue weighted by Crippen LogP contribution is -2.43. The summed E-state index contributed by atoms with van der Waals surface area (Å²) in [6, 6.07) is 5.33. The molecule has 6 heteroatoms. The molecule has 2 atom stereocenters. The van der Waals surface area contributed by atoms with Crippen LogP contribution in [-0.4, -0.2) is 40.3 Å². The minimum Gasteiger partial charge on any atom is -0.480 e. The fraction of sp³-hybridized carbons (Fsp3) is 0.529. The molecule has 0 aliphatic carbocycles. The summed E-state index contributed by atoms with van der Waals surface area (Å²) in [4.78, 5) is 24.9. The number of halogens is 1. The van der Waals surface area contributed by atoms with E-state index in [9.17, 15) is 19.1 Å². The number of carbonyl (C=O) groups excluding carboxylic acids is 1. The number of hydrogen-bond donors (Lipinski definition) is 1. The second kappa shape index (κ2) is 6.56. The lowest BCUT2D eigenvalue weighted by atomic mass is 9.97. The Morgan fingerprint density at radius 3 is 2.65 bits per heavy atom. The van der Waals surface area contributed by atoms with Gasteiger partial charge in [0.2, 0.25) is 0 Å². The average molecular weight is 323 g/mol. The Hall–Kier alpha value is -2.11. The van der Waals surface area contributed by atoms with Crippen LogP contribution < -0.4 is 0 Å². The molecule has 0 spiro atoms. The Labute approximate surface area is 135 Å². The van der Waals surface area contributed by atoms with E-state index in [1.165, 1.54) is 17.0 Å². The molecule has 1 amide bonds. The first kappa shape index (κ1) is 17.2. The van der Waals surface area contributed by atoms with Gasteiger partial charge in [0, 0.05) is 6.54 Å². The van der Waals surface area contributed by atoms with E-state index in [4.69, 9.17) is 4.74 Å². The minimum absolute atomic E-state index is 0.0366. The van der Waals surface area contributed by atoms with Crippen molar-refractivity contribution in [3.05, 3.63) is 35.6 Å². The van der Waals surface area contributed by atoms with Crippen LogP contribution in [-0.2, 0) is 16.0 Å². The zero-order valence-corrected chi connectivity index (χ0v) is 13.6. The lowest BCUT2D eigenvalue weighted by Gasteiger charge is -2.26. The summed E-state index contributed by atoms with van der Waals surface area (Å²) >= 11 is 0. The Morgan fingerprint density at radius 1 is 1.39 bits per heavy atom. The van der Waals surface area contributed by atoms with Crippen molar-refractivity contribution < 1.29 is 23.8 Å². The Bertz CT molecular complexity index is 597. The van der Waals surface area contributed by atoms with Crippen LogP contribution in [0.1, 0.15) is 32.8 Å². The van der Waals surface area contributed by atoms with Gasteiger partial charge in [-0.2, -0.15) is 0 Å². The van der Waals surface area contributed by atoms with Gasteiger partial charge in [-0.3, -0.25) is 4.90 Å². The third-order valence-electron chi connectivity index (χ3n) is 3.71. The molecule has 1 unspecified atom stereocenters. The van der Waals surface area contributed by atoms with Crippen LogP contribution in [0.25, 0.3) is 0 Å². The molecule has 0 radical (unpaired) electrons. The Balaban J connectivity index is 2.08. The first-order valence-electron chi connectivity index (χ1n) is 7.62.